The van der Waals surface area contributed by atoms with Crippen LogP contribution in [0.4, 0.5) is 8.78 Å². The molecular formula is C19H26F2N4. The molecule has 0 saturated carbocycles. The van der Waals surface area contributed by atoms with Crippen LogP contribution in [0.1, 0.15) is 25.8 Å². The molecule has 1 fully saturated rings. The Labute approximate surface area is 148 Å². The van der Waals surface area contributed by atoms with Crippen LogP contribution in [-0.2, 0) is 0 Å². The second kappa shape index (κ2) is 8.97. The predicted octanol–water partition coefficient (Wildman–Crippen LogP) is 3.35. The molecule has 1 heterocycles. The van der Waals surface area contributed by atoms with Gasteiger partial charge in [0.2, 0.25) is 0 Å². The summed E-state index contributed by atoms with van der Waals surface area (Å²) in [6, 6.07) is 3.83. The maximum atomic E-state index is 14.1. The van der Waals surface area contributed by atoms with Crippen molar-refractivity contribution in [1.29, 1.82) is 0 Å². The lowest BCUT2D eigenvalue weighted by molar-refractivity contribution is 0.350. The Morgan fingerprint density at radius 3 is 2.84 bits per heavy atom. The van der Waals surface area contributed by atoms with Crippen molar-refractivity contribution < 1.29 is 8.78 Å². The Morgan fingerprint density at radius 2 is 2.24 bits per heavy atom. The van der Waals surface area contributed by atoms with E-state index < -0.39 is 11.6 Å². The number of likely N-dealkylation sites (tertiary alicyclic amines) is 1. The maximum Gasteiger partial charge on any atom is 0.134 e. The summed E-state index contributed by atoms with van der Waals surface area (Å²) in [4.78, 5) is 10.5. The van der Waals surface area contributed by atoms with E-state index in [-0.39, 0.29) is 5.56 Å². The third kappa shape index (κ3) is 5.28. The highest BCUT2D eigenvalue weighted by molar-refractivity contribution is 6.22. The number of benzene rings is 1. The van der Waals surface area contributed by atoms with Gasteiger partial charge in [0, 0.05) is 41.7 Å². The number of allylic oxidation sites excluding steroid dienone is 1. The smallest absolute Gasteiger partial charge is 0.134 e. The molecule has 6 heteroatoms. The molecule has 0 radical (unpaired) electrons. The van der Waals surface area contributed by atoms with Gasteiger partial charge in [0.1, 0.15) is 11.6 Å². The van der Waals surface area contributed by atoms with Crippen molar-refractivity contribution in [2.24, 2.45) is 15.9 Å². The molecule has 2 rings (SSSR count). The SMILES string of the molecule is C=N/C=C(\C(C)=N/CNC(C)C1CCN(C)C1)c1ccc(F)cc1F. The van der Waals surface area contributed by atoms with Gasteiger partial charge in [-0.25, -0.2) is 8.78 Å². The quantitative estimate of drug-likeness (QED) is 0.768. The molecule has 1 aliphatic heterocycles. The van der Waals surface area contributed by atoms with E-state index >= 15 is 0 Å². The second-order valence-electron chi connectivity index (χ2n) is 6.55. The first kappa shape index (κ1) is 19.4. The van der Waals surface area contributed by atoms with E-state index in [4.69, 9.17) is 0 Å². The molecule has 0 bridgehead atoms. The van der Waals surface area contributed by atoms with Crippen LogP contribution in [0.3, 0.4) is 0 Å². The summed E-state index contributed by atoms with van der Waals surface area (Å²) in [5.41, 5.74) is 1.39. The Bertz CT molecular complexity index is 669. The highest BCUT2D eigenvalue weighted by Crippen LogP contribution is 2.21. The number of rotatable bonds is 7. The van der Waals surface area contributed by atoms with Crippen LogP contribution < -0.4 is 5.32 Å². The van der Waals surface area contributed by atoms with E-state index in [2.05, 4.69) is 40.9 Å². The predicted molar refractivity (Wildman–Crippen MR) is 100 cm³/mol. The number of hydrogen-bond donors (Lipinski definition) is 1. The highest BCUT2D eigenvalue weighted by atomic mass is 19.1. The zero-order valence-electron chi connectivity index (χ0n) is 15.1. The monoisotopic (exact) mass is 348 g/mol. The molecule has 2 atom stereocenters. The molecule has 1 N–H and O–H groups in total. The number of aliphatic imine (C=N–C) groups is 2. The van der Waals surface area contributed by atoms with Gasteiger partial charge < -0.3 is 4.90 Å². The zero-order chi connectivity index (χ0) is 18.4. The van der Waals surface area contributed by atoms with Crippen molar-refractivity contribution in [3.05, 3.63) is 41.6 Å². The molecule has 1 saturated heterocycles. The van der Waals surface area contributed by atoms with Crippen LogP contribution in [-0.4, -0.2) is 50.2 Å². The van der Waals surface area contributed by atoms with Crippen molar-refractivity contribution in [2.75, 3.05) is 26.8 Å². The third-order valence-corrected chi connectivity index (χ3v) is 4.70. The fraction of sp³-hybridized carbons (Fsp3) is 0.474. The number of hydrogen-bond acceptors (Lipinski definition) is 4. The van der Waals surface area contributed by atoms with Crippen LogP contribution in [0, 0.1) is 17.6 Å². The summed E-state index contributed by atoms with van der Waals surface area (Å²) in [5, 5.41) is 3.41. The first-order chi connectivity index (χ1) is 11.9. The molecule has 0 aromatic heterocycles. The van der Waals surface area contributed by atoms with Gasteiger partial charge in [-0.3, -0.25) is 15.3 Å². The molecular weight excluding hydrogens is 322 g/mol. The molecule has 136 valence electrons. The highest BCUT2D eigenvalue weighted by Gasteiger charge is 2.24. The van der Waals surface area contributed by atoms with Crippen molar-refractivity contribution in [3.8, 4) is 0 Å². The molecule has 25 heavy (non-hydrogen) atoms. The fourth-order valence-corrected chi connectivity index (χ4v) is 3.09. The van der Waals surface area contributed by atoms with Crippen molar-refractivity contribution >= 4 is 18.0 Å². The van der Waals surface area contributed by atoms with Gasteiger partial charge in [-0.2, -0.15) is 0 Å². The standard InChI is InChI=1S/C19H26F2N4/c1-13(15-7-8-25(4)11-15)23-12-24-14(2)18(10-22-3)17-6-5-16(20)9-19(17)21/h5-6,9-10,13,15,23H,3,7-8,11-12H2,1-2,4H3/b18-10+,24-14-. The number of nitrogens with zero attached hydrogens (tertiary/aromatic N) is 3. The normalized spacial score (nSPS) is 20.8. The summed E-state index contributed by atoms with van der Waals surface area (Å²) in [5.74, 6) is -0.640. The Kier molecular flexibility index (Phi) is 6.96. The molecule has 0 aliphatic carbocycles. The maximum absolute atomic E-state index is 14.1. The molecule has 4 nitrogen and oxygen atoms in total. The van der Waals surface area contributed by atoms with Gasteiger partial charge in [0.25, 0.3) is 0 Å². The number of halogens is 2. The van der Waals surface area contributed by atoms with Gasteiger partial charge in [-0.15, -0.1) is 0 Å². The van der Waals surface area contributed by atoms with E-state index in [0.29, 0.717) is 29.9 Å². The van der Waals surface area contributed by atoms with Crippen LogP contribution in [0.2, 0.25) is 0 Å². The molecule has 0 spiro atoms. The largest absolute Gasteiger partial charge is 0.306 e. The fourth-order valence-electron chi connectivity index (χ4n) is 3.09. The van der Waals surface area contributed by atoms with Gasteiger partial charge in [0.15, 0.2) is 0 Å². The van der Waals surface area contributed by atoms with Crippen LogP contribution in [0.25, 0.3) is 5.57 Å². The minimum absolute atomic E-state index is 0.264. The van der Waals surface area contributed by atoms with Gasteiger partial charge in [-0.05, 0) is 58.6 Å². The van der Waals surface area contributed by atoms with Gasteiger partial charge in [0.05, 0.1) is 6.67 Å². The van der Waals surface area contributed by atoms with E-state index in [9.17, 15) is 8.78 Å². The molecule has 1 aliphatic rings. The second-order valence-corrected chi connectivity index (χ2v) is 6.55. The lowest BCUT2D eigenvalue weighted by Gasteiger charge is -2.20. The Morgan fingerprint density at radius 1 is 1.48 bits per heavy atom. The average molecular weight is 348 g/mol. The van der Waals surface area contributed by atoms with Crippen molar-refractivity contribution in [3.63, 3.8) is 0 Å². The zero-order valence-corrected chi connectivity index (χ0v) is 15.1. The van der Waals surface area contributed by atoms with Crippen molar-refractivity contribution in [2.45, 2.75) is 26.3 Å². The van der Waals surface area contributed by atoms with E-state index in [1.807, 2.05) is 0 Å². The first-order valence-electron chi connectivity index (χ1n) is 8.47. The lowest BCUT2D eigenvalue weighted by atomic mass is 10.0. The molecule has 2 unspecified atom stereocenters. The topological polar surface area (TPSA) is 40.0 Å². The van der Waals surface area contributed by atoms with Crippen LogP contribution in [0.5, 0.6) is 0 Å². The van der Waals surface area contributed by atoms with Crippen LogP contribution >= 0.6 is 0 Å². The van der Waals surface area contributed by atoms with Crippen molar-refractivity contribution in [1.82, 2.24) is 10.2 Å². The average Bonchev–Trinajstić information content (AvgIpc) is 2.99. The third-order valence-electron chi connectivity index (χ3n) is 4.70. The van der Waals surface area contributed by atoms with E-state index in [1.165, 1.54) is 24.8 Å². The molecule has 1 aromatic rings. The Hall–Kier alpha value is -1.92. The van der Waals surface area contributed by atoms with E-state index in [1.54, 1.807) is 6.92 Å². The molecule has 0 amide bonds. The number of nitrogens with one attached hydrogen (secondary N) is 1. The summed E-state index contributed by atoms with van der Waals surface area (Å²) in [6.45, 7) is 10.0. The molecule has 1 aromatic carbocycles. The summed E-state index contributed by atoms with van der Waals surface area (Å²) in [7, 11) is 2.13. The van der Waals surface area contributed by atoms with Gasteiger partial charge in [-0.1, -0.05) is 0 Å². The lowest BCUT2D eigenvalue weighted by Crippen LogP contribution is -2.35. The van der Waals surface area contributed by atoms with E-state index in [0.717, 1.165) is 19.2 Å². The van der Waals surface area contributed by atoms with Crippen LogP contribution in [0.15, 0.2) is 34.4 Å². The Balaban J connectivity index is 2.04. The minimum atomic E-state index is -0.639. The summed E-state index contributed by atoms with van der Waals surface area (Å²) < 4.78 is 27.2. The summed E-state index contributed by atoms with van der Waals surface area (Å²) >= 11 is 0. The first-order valence-corrected chi connectivity index (χ1v) is 8.47. The van der Waals surface area contributed by atoms with Gasteiger partial charge >= 0.3 is 0 Å². The summed E-state index contributed by atoms with van der Waals surface area (Å²) in [6.07, 6.45) is 2.63. The minimum Gasteiger partial charge on any atom is -0.306 e.